The number of hydrogen-bond donors (Lipinski definition) is 0. The minimum atomic E-state index is -0.450. The molecule has 1 aliphatic rings. The molecule has 0 bridgehead atoms. The molecule has 0 radical (unpaired) electrons. The SMILES string of the molecule is Cc1ccc2c(COC(=O)C3CCCCN3c3ncccn3)cc(=O)oc2c1C. The second-order valence-corrected chi connectivity index (χ2v) is 7.34. The van der Waals surface area contributed by atoms with Crippen molar-refractivity contribution in [3.05, 3.63) is 63.8 Å². The quantitative estimate of drug-likeness (QED) is 0.496. The fourth-order valence-corrected chi connectivity index (χ4v) is 3.74. The predicted molar refractivity (Wildman–Crippen MR) is 109 cm³/mol. The third-order valence-corrected chi connectivity index (χ3v) is 5.47. The Morgan fingerprint density at radius 2 is 2.03 bits per heavy atom. The number of aryl methyl sites for hydroxylation is 2. The molecule has 1 unspecified atom stereocenters. The van der Waals surface area contributed by atoms with Crippen LogP contribution in [-0.4, -0.2) is 28.5 Å². The molecule has 29 heavy (non-hydrogen) atoms. The van der Waals surface area contributed by atoms with Crippen LogP contribution >= 0.6 is 0 Å². The summed E-state index contributed by atoms with van der Waals surface area (Å²) in [7, 11) is 0. The Morgan fingerprint density at radius 1 is 1.24 bits per heavy atom. The number of hydrogen-bond acceptors (Lipinski definition) is 7. The van der Waals surface area contributed by atoms with E-state index >= 15 is 0 Å². The van der Waals surface area contributed by atoms with Gasteiger partial charge in [-0.1, -0.05) is 12.1 Å². The maximum Gasteiger partial charge on any atom is 0.336 e. The number of carbonyl (C=O) groups excluding carboxylic acids is 1. The smallest absolute Gasteiger partial charge is 0.336 e. The van der Waals surface area contributed by atoms with Gasteiger partial charge in [0.2, 0.25) is 5.95 Å². The Morgan fingerprint density at radius 3 is 2.83 bits per heavy atom. The highest BCUT2D eigenvalue weighted by atomic mass is 16.5. The van der Waals surface area contributed by atoms with Crippen molar-refractivity contribution in [2.75, 3.05) is 11.4 Å². The minimum absolute atomic E-state index is 0.0173. The zero-order valence-corrected chi connectivity index (χ0v) is 16.6. The standard InChI is InChI=1S/C22H23N3O4/c1-14-7-8-17-16(12-19(26)29-20(17)15(14)2)13-28-21(27)18-6-3-4-11-25(18)22-23-9-5-10-24-22/h5,7-10,12,18H,3-4,6,11,13H2,1-2H3. The van der Waals surface area contributed by atoms with Gasteiger partial charge >= 0.3 is 11.6 Å². The van der Waals surface area contributed by atoms with E-state index < -0.39 is 11.7 Å². The Balaban J connectivity index is 1.56. The van der Waals surface area contributed by atoms with Crippen molar-refractivity contribution in [1.29, 1.82) is 0 Å². The Bertz CT molecular complexity index is 1090. The van der Waals surface area contributed by atoms with Gasteiger partial charge in [-0.05, 0) is 50.3 Å². The van der Waals surface area contributed by atoms with Crippen molar-refractivity contribution in [3.8, 4) is 0 Å². The van der Waals surface area contributed by atoms with Gasteiger partial charge < -0.3 is 14.1 Å². The van der Waals surface area contributed by atoms with Crippen molar-refractivity contribution in [1.82, 2.24) is 9.97 Å². The highest BCUT2D eigenvalue weighted by Gasteiger charge is 2.31. The molecule has 2 aromatic heterocycles. The topological polar surface area (TPSA) is 85.5 Å². The van der Waals surface area contributed by atoms with E-state index in [0.717, 1.165) is 29.4 Å². The molecule has 3 aromatic rings. The normalized spacial score (nSPS) is 16.8. The lowest BCUT2D eigenvalue weighted by Crippen LogP contribution is -2.46. The fraction of sp³-hybridized carbons (Fsp3) is 0.364. The first kappa shape index (κ1) is 19.1. The maximum absolute atomic E-state index is 12.9. The molecule has 0 N–H and O–H groups in total. The van der Waals surface area contributed by atoms with Crippen LogP contribution in [0.2, 0.25) is 0 Å². The van der Waals surface area contributed by atoms with Crippen LogP contribution < -0.4 is 10.5 Å². The Hall–Kier alpha value is -3.22. The molecule has 0 amide bonds. The highest BCUT2D eigenvalue weighted by Crippen LogP contribution is 2.25. The lowest BCUT2D eigenvalue weighted by molar-refractivity contribution is -0.147. The number of carbonyl (C=O) groups is 1. The molecular weight excluding hydrogens is 370 g/mol. The van der Waals surface area contributed by atoms with Crippen molar-refractivity contribution in [3.63, 3.8) is 0 Å². The number of esters is 1. The third-order valence-electron chi connectivity index (χ3n) is 5.47. The lowest BCUT2D eigenvalue weighted by atomic mass is 10.0. The van der Waals surface area contributed by atoms with Crippen LogP contribution in [0.4, 0.5) is 5.95 Å². The summed E-state index contributed by atoms with van der Waals surface area (Å²) in [5, 5.41) is 0.785. The van der Waals surface area contributed by atoms with Gasteiger partial charge in [0.25, 0.3) is 0 Å². The summed E-state index contributed by atoms with van der Waals surface area (Å²) >= 11 is 0. The molecule has 1 fully saturated rings. The average Bonchev–Trinajstić information content (AvgIpc) is 2.75. The average molecular weight is 393 g/mol. The van der Waals surface area contributed by atoms with Crippen LogP contribution in [0.25, 0.3) is 11.0 Å². The fourth-order valence-electron chi connectivity index (χ4n) is 3.74. The van der Waals surface area contributed by atoms with Crippen molar-refractivity contribution in [2.24, 2.45) is 0 Å². The first-order valence-corrected chi connectivity index (χ1v) is 9.78. The van der Waals surface area contributed by atoms with E-state index in [9.17, 15) is 9.59 Å². The molecule has 7 nitrogen and oxygen atoms in total. The first-order valence-electron chi connectivity index (χ1n) is 9.78. The van der Waals surface area contributed by atoms with Gasteiger partial charge in [0, 0.05) is 36.0 Å². The van der Waals surface area contributed by atoms with Crippen LogP contribution in [-0.2, 0) is 16.1 Å². The molecule has 0 spiro atoms. The van der Waals surface area contributed by atoms with Gasteiger partial charge in [0.05, 0.1) is 0 Å². The number of aromatic nitrogens is 2. The van der Waals surface area contributed by atoms with E-state index in [2.05, 4.69) is 9.97 Å². The molecular formula is C22H23N3O4. The van der Waals surface area contributed by atoms with Gasteiger partial charge in [-0.2, -0.15) is 0 Å². The van der Waals surface area contributed by atoms with E-state index in [4.69, 9.17) is 9.15 Å². The largest absolute Gasteiger partial charge is 0.459 e. The van der Waals surface area contributed by atoms with Gasteiger partial charge in [-0.25, -0.2) is 19.6 Å². The van der Waals surface area contributed by atoms with Crippen LogP contribution in [0.1, 0.15) is 36.0 Å². The van der Waals surface area contributed by atoms with E-state index in [1.165, 1.54) is 6.07 Å². The number of ether oxygens (including phenoxy) is 1. The molecule has 1 atom stereocenters. The summed E-state index contributed by atoms with van der Waals surface area (Å²) in [5.41, 5.74) is 2.68. The molecule has 4 rings (SSSR count). The summed E-state index contributed by atoms with van der Waals surface area (Å²) in [5.74, 6) is 0.202. The summed E-state index contributed by atoms with van der Waals surface area (Å²) in [4.78, 5) is 35.3. The second kappa shape index (κ2) is 8.03. The van der Waals surface area contributed by atoms with Crippen LogP contribution in [0, 0.1) is 13.8 Å². The zero-order chi connectivity index (χ0) is 20.4. The molecule has 1 aromatic carbocycles. The van der Waals surface area contributed by atoms with Crippen molar-refractivity contribution >= 4 is 22.9 Å². The van der Waals surface area contributed by atoms with E-state index in [-0.39, 0.29) is 12.6 Å². The molecule has 150 valence electrons. The number of benzene rings is 1. The van der Waals surface area contributed by atoms with Crippen LogP contribution in [0.5, 0.6) is 0 Å². The van der Waals surface area contributed by atoms with Gasteiger partial charge in [0.15, 0.2) is 0 Å². The van der Waals surface area contributed by atoms with E-state index in [1.54, 1.807) is 18.5 Å². The minimum Gasteiger partial charge on any atom is -0.459 e. The van der Waals surface area contributed by atoms with Crippen LogP contribution in [0.3, 0.4) is 0 Å². The van der Waals surface area contributed by atoms with Gasteiger partial charge in [-0.3, -0.25) is 0 Å². The van der Waals surface area contributed by atoms with E-state index in [1.807, 2.05) is 30.9 Å². The molecule has 7 heteroatoms. The third kappa shape index (κ3) is 3.85. The van der Waals surface area contributed by atoms with Gasteiger partial charge in [-0.15, -0.1) is 0 Å². The number of fused-ring (bicyclic) bond motifs is 1. The van der Waals surface area contributed by atoms with Crippen LogP contribution in [0.15, 0.2) is 45.9 Å². The predicted octanol–water partition coefficient (Wildman–Crippen LogP) is 3.30. The van der Waals surface area contributed by atoms with E-state index in [0.29, 0.717) is 30.1 Å². The summed E-state index contributed by atoms with van der Waals surface area (Å²) in [6.07, 6.45) is 5.94. The molecule has 0 saturated carbocycles. The number of anilines is 1. The Labute approximate surface area is 168 Å². The molecule has 1 saturated heterocycles. The zero-order valence-electron chi connectivity index (χ0n) is 16.6. The second-order valence-electron chi connectivity index (χ2n) is 7.34. The molecule has 0 aliphatic carbocycles. The summed E-state index contributed by atoms with van der Waals surface area (Å²) in [6, 6.07) is 6.58. The number of nitrogens with zero attached hydrogens (tertiary/aromatic N) is 3. The first-order chi connectivity index (χ1) is 14.0. The molecule has 1 aliphatic heterocycles. The highest BCUT2D eigenvalue weighted by molar-refractivity contribution is 5.84. The Kier molecular flexibility index (Phi) is 5.29. The lowest BCUT2D eigenvalue weighted by Gasteiger charge is -2.33. The van der Waals surface area contributed by atoms with Gasteiger partial charge in [0.1, 0.15) is 18.2 Å². The summed E-state index contributed by atoms with van der Waals surface area (Å²) in [6.45, 7) is 4.60. The number of rotatable bonds is 4. The summed E-state index contributed by atoms with van der Waals surface area (Å²) < 4.78 is 11.0. The maximum atomic E-state index is 12.9. The number of piperidine rings is 1. The monoisotopic (exact) mass is 393 g/mol. The molecule has 3 heterocycles. The van der Waals surface area contributed by atoms with Crippen molar-refractivity contribution < 1.29 is 13.9 Å². The van der Waals surface area contributed by atoms with Crippen molar-refractivity contribution in [2.45, 2.75) is 45.8 Å².